The molecular weight excluding hydrogens is 238 g/mol. The largest absolute Gasteiger partial charge is 0.328 e. The van der Waals surface area contributed by atoms with E-state index in [9.17, 15) is 4.79 Å². The molecule has 7 heteroatoms. The third-order valence-corrected chi connectivity index (χ3v) is 3.31. The van der Waals surface area contributed by atoms with Gasteiger partial charge in [-0.15, -0.1) is 0 Å². The maximum atomic E-state index is 11.6. The van der Waals surface area contributed by atoms with Gasteiger partial charge in [-0.2, -0.15) is 16.3 Å². The third-order valence-electron chi connectivity index (χ3n) is 2.29. The summed E-state index contributed by atoms with van der Waals surface area (Å²) < 4.78 is 1.32. The van der Waals surface area contributed by atoms with Gasteiger partial charge in [-0.25, -0.2) is 9.97 Å². The third kappa shape index (κ3) is 3.07. The molecule has 2 aromatic heterocycles. The number of H-pyrrole nitrogens is 1. The number of hydrogen-bond donors (Lipinski definition) is 2. The highest BCUT2D eigenvalue weighted by Gasteiger charge is 2.04. The molecule has 1 unspecified atom stereocenters. The second-order valence-electron chi connectivity index (χ2n) is 3.93. The molecule has 3 N–H and O–H groups in total. The van der Waals surface area contributed by atoms with Gasteiger partial charge in [0.1, 0.15) is 6.33 Å². The first-order valence-corrected chi connectivity index (χ1v) is 6.57. The smallest absolute Gasteiger partial charge is 0.274 e. The van der Waals surface area contributed by atoms with Crippen molar-refractivity contribution in [1.29, 1.82) is 0 Å². The van der Waals surface area contributed by atoms with E-state index in [1.807, 2.05) is 6.92 Å². The molecule has 2 heterocycles. The fourth-order valence-corrected chi connectivity index (χ4v) is 2.43. The molecule has 0 aliphatic heterocycles. The van der Waals surface area contributed by atoms with E-state index in [2.05, 4.69) is 15.1 Å². The monoisotopic (exact) mass is 253 g/mol. The molecule has 2 rings (SSSR count). The number of nitrogens with two attached hydrogens (primary N) is 1. The SMILES string of the molecule is CC(N)CCSCc1cc(=O)n2[nH]cnc2n1. The zero-order valence-corrected chi connectivity index (χ0v) is 10.4. The average molecular weight is 253 g/mol. The van der Waals surface area contributed by atoms with E-state index in [1.54, 1.807) is 11.8 Å². The molecule has 0 aliphatic carbocycles. The topological polar surface area (TPSA) is 89.1 Å². The summed E-state index contributed by atoms with van der Waals surface area (Å²) in [4.78, 5) is 19.9. The molecule has 2 aromatic rings. The molecule has 0 spiro atoms. The zero-order valence-electron chi connectivity index (χ0n) is 9.59. The van der Waals surface area contributed by atoms with Crippen LogP contribution in [-0.2, 0) is 5.75 Å². The summed E-state index contributed by atoms with van der Waals surface area (Å²) in [7, 11) is 0. The van der Waals surface area contributed by atoms with Crippen molar-refractivity contribution in [1.82, 2.24) is 19.6 Å². The molecule has 1 atom stereocenters. The van der Waals surface area contributed by atoms with Crippen molar-refractivity contribution in [2.75, 3.05) is 5.75 Å². The minimum absolute atomic E-state index is 0.129. The molecule has 0 fully saturated rings. The van der Waals surface area contributed by atoms with Crippen LogP contribution in [0.25, 0.3) is 5.78 Å². The van der Waals surface area contributed by atoms with Crippen molar-refractivity contribution in [2.45, 2.75) is 25.1 Å². The Hall–Kier alpha value is -1.34. The van der Waals surface area contributed by atoms with Crippen molar-refractivity contribution < 1.29 is 0 Å². The normalized spacial score (nSPS) is 13.1. The maximum absolute atomic E-state index is 11.6. The van der Waals surface area contributed by atoms with Crippen molar-refractivity contribution in [3.8, 4) is 0 Å². The molecule has 0 aromatic carbocycles. The number of aromatic amines is 1. The summed E-state index contributed by atoms with van der Waals surface area (Å²) in [6.07, 6.45) is 2.42. The van der Waals surface area contributed by atoms with Crippen LogP contribution in [0.3, 0.4) is 0 Å². The van der Waals surface area contributed by atoms with Crippen molar-refractivity contribution in [3.63, 3.8) is 0 Å². The Kier molecular flexibility index (Phi) is 3.80. The first-order chi connectivity index (χ1) is 8.16. The van der Waals surface area contributed by atoms with Crippen molar-refractivity contribution in [3.05, 3.63) is 28.4 Å². The van der Waals surface area contributed by atoms with E-state index in [0.717, 1.165) is 17.9 Å². The van der Waals surface area contributed by atoms with Crippen LogP contribution in [0, 0.1) is 0 Å². The van der Waals surface area contributed by atoms with Gasteiger partial charge in [-0.05, 0) is 19.1 Å². The highest BCUT2D eigenvalue weighted by molar-refractivity contribution is 7.98. The van der Waals surface area contributed by atoms with Crippen LogP contribution in [0.4, 0.5) is 0 Å². The lowest BCUT2D eigenvalue weighted by Gasteiger charge is -2.04. The maximum Gasteiger partial charge on any atom is 0.274 e. The number of nitrogens with one attached hydrogen (secondary N) is 1. The quantitative estimate of drug-likeness (QED) is 0.752. The average Bonchev–Trinajstić information content (AvgIpc) is 2.72. The second-order valence-corrected chi connectivity index (χ2v) is 5.03. The Morgan fingerprint density at radius 1 is 1.65 bits per heavy atom. The lowest BCUT2D eigenvalue weighted by molar-refractivity contribution is 0.721. The first kappa shape index (κ1) is 12.1. The molecule has 92 valence electrons. The van der Waals surface area contributed by atoms with Crippen LogP contribution in [0.2, 0.25) is 0 Å². The van der Waals surface area contributed by atoms with Crippen LogP contribution in [-0.4, -0.2) is 31.4 Å². The van der Waals surface area contributed by atoms with Gasteiger partial charge < -0.3 is 5.73 Å². The van der Waals surface area contributed by atoms with Gasteiger partial charge in [-0.1, -0.05) is 0 Å². The molecular formula is C10H15N5OS. The number of aromatic nitrogens is 4. The molecule has 17 heavy (non-hydrogen) atoms. The number of nitrogens with zero attached hydrogens (tertiary/aromatic N) is 3. The van der Waals surface area contributed by atoms with Gasteiger partial charge >= 0.3 is 0 Å². The van der Waals surface area contributed by atoms with E-state index in [4.69, 9.17) is 5.73 Å². The Bertz CT molecular complexity index is 547. The van der Waals surface area contributed by atoms with E-state index in [-0.39, 0.29) is 11.6 Å². The standard InChI is InChI=1S/C10H15N5OS/c1-7(11)2-3-17-5-8-4-9(16)15-10(14-8)12-6-13-15/h4,6-7H,2-3,5,11H2,1H3,(H,12,13,14). The number of rotatable bonds is 5. The highest BCUT2D eigenvalue weighted by Crippen LogP contribution is 2.10. The lowest BCUT2D eigenvalue weighted by Crippen LogP contribution is -2.16. The molecule has 6 nitrogen and oxygen atoms in total. The molecule has 0 saturated carbocycles. The van der Waals surface area contributed by atoms with Gasteiger partial charge in [0.25, 0.3) is 11.3 Å². The van der Waals surface area contributed by atoms with Gasteiger partial charge in [0.15, 0.2) is 0 Å². The number of thioether (sulfide) groups is 1. The Balaban J connectivity index is 2.01. The van der Waals surface area contributed by atoms with Crippen LogP contribution in [0.15, 0.2) is 17.2 Å². The Morgan fingerprint density at radius 3 is 3.24 bits per heavy atom. The van der Waals surface area contributed by atoms with E-state index in [1.165, 1.54) is 16.9 Å². The minimum atomic E-state index is -0.129. The fraction of sp³-hybridized carbons (Fsp3) is 0.500. The number of hydrogen-bond acceptors (Lipinski definition) is 5. The summed E-state index contributed by atoms with van der Waals surface area (Å²) in [5, 5.41) is 2.70. The summed E-state index contributed by atoms with van der Waals surface area (Å²) >= 11 is 1.73. The van der Waals surface area contributed by atoms with Crippen LogP contribution < -0.4 is 11.3 Å². The summed E-state index contributed by atoms with van der Waals surface area (Å²) in [5.74, 6) is 2.10. The van der Waals surface area contributed by atoms with Crippen molar-refractivity contribution >= 4 is 17.5 Å². The molecule has 0 saturated heterocycles. The lowest BCUT2D eigenvalue weighted by atomic mass is 10.3. The second kappa shape index (κ2) is 5.33. The summed E-state index contributed by atoms with van der Waals surface area (Å²) in [6.45, 7) is 1.99. The fourth-order valence-electron chi connectivity index (χ4n) is 1.39. The van der Waals surface area contributed by atoms with E-state index in [0.29, 0.717) is 11.5 Å². The van der Waals surface area contributed by atoms with Crippen LogP contribution >= 0.6 is 11.8 Å². The molecule has 0 aliphatic rings. The Labute approximate surface area is 103 Å². The predicted octanol–water partition coefficient (Wildman–Crippen LogP) is 0.388. The molecule has 0 radical (unpaired) electrons. The summed E-state index contributed by atoms with van der Waals surface area (Å²) in [5.41, 5.74) is 6.29. The van der Waals surface area contributed by atoms with Crippen molar-refractivity contribution in [2.24, 2.45) is 5.73 Å². The molecule has 0 amide bonds. The number of fused-ring (bicyclic) bond motifs is 1. The predicted molar refractivity (Wildman–Crippen MR) is 68.0 cm³/mol. The van der Waals surface area contributed by atoms with Crippen LogP contribution in [0.5, 0.6) is 0 Å². The Morgan fingerprint density at radius 2 is 2.47 bits per heavy atom. The first-order valence-electron chi connectivity index (χ1n) is 5.42. The van der Waals surface area contributed by atoms with Crippen LogP contribution in [0.1, 0.15) is 19.0 Å². The van der Waals surface area contributed by atoms with Gasteiger partial charge in [-0.3, -0.25) is 9.89 Å². The van der Waals surface area contributed by atoms with Gasteiger partial charge in [0.05, 0.1) is 5.69 Å². The van der Waals surface area contributed by atoms with Gasteiger partial charge in [0.2, 0.25) is 0 Å². The summed E-state index contributed by atoms with van der Waals surface area (Å²) in [6, 6.07) is 1.75. The minimum Gasteiger partial charge on any atom is -0.328 e. The highest BCUT2D eigenvalue weighted by atomic mass is 32.2. The van der Waals surface area contributed by atoms with E-state index >= 15 is 0 Å². The zero-order chi connectivity index (χ0) is 12.3. The molecule has 0 bridgehead atoms. The van der Waals surface area contributed by atoms with E-state index < -0.39 is 0 Å². The van der Waals surface area contributed by atoms with Gasteiger partial charge in [0, 0.05) is 17.9 Å².